The third-order valence-corrected chi connectivity index (χ3v) is 2.54. The number of nitrogens with one attached hydrogen (secondary N) is 1. The number of amides is 1. The highest BCUT2D eigenvalue weighted by Gasteiger charge is 2.11. The Morgan fingerprint density at radius 2 is 1.73 bits per heavy atom. The van der Waals surface area contributed by atoms with Crippen molar-refractivity contribution < 1.29 is 4.79 Å². The van der Waals surface area contributed by atoms with Gasteiger partial charge in [-0.25, -0.2) is 0 Å². The molecule has 1 unspecified atom stereocenters. The van der Waals surface area contributed by atoms with Crippen molar-refractivity contribution in [3.8, 4) is 0 Å². The summed E-state index contributed by atoms with van der Waals surface area (Å²) in [6.45, 7) is 12.6. The van der Waals surface area contributed by atoms with Gasteiger partial charge in [0.05, 0.1) is 6.54 Å². The molecule has 0 aromatic carbocycles. The fourth-order valence-corrected chi connectivity index (χ4v) is 1.74. The standard InChI is InChI=1S/C12H26N2O/c1-6-14(7-2)12(15)9-13-11(5)8-10(3)4/h10-11,13H,6-9H2,1-5H3. The van der Waals surface area contributed by atoms with Crippen molar-refractivity contribution in [2.75, 3.05) is 19.6 Å². The van der Waals surface area contributed by atoms with Crippen LogP contribution in [0.25, 0.3) is 0 Å². The zero-order chi connectivity index (χ0) is 11.8. The molecule has 1 N–H and O–H groups in total. The van der Waals surface area contributed by atoms with Crippen LogP contribution >= 0.6 is 0 Å². The molecule has 0 aliphatic heterocycles. The monoisotopic (exact) mass is 214 g/mol. The van der Waals surface area contributed by atoms with Crippen LogP contribution in [-0.4, -0.2) is 36.5 Å². The van der Waals surface area contributed by atoms with E-state index in [0.717, 1.165) is 19.5 Å². The van der Waals surface area contributed by atoms with E-state index < -0.39 is 0 Å². The molecular formula is C12H26N2O. The summed E-state index contributed by atoms with van der Waals surface area (Å²) in [7, 11) is 0. The molecule has 0 saturated carbocycles. The van der Waals surface area contributed by atoms with Gasteiger partial charge in [0.1, 0.15) is 0 Å². The third kappa shape index (κ3) is 6.50. The van der Waals surface area contributed by atoms with E-state index >= 15 is 0 Å². The molecule has 0 aliphatic rings. The smallest absolute Gasteiger partial charge is 0.236 e. The van der Waals surface area contributed by atoms with Crippen LogP contribution in [0.3, 0.4) is 0 Å². The Bertz CT molecular complexity index is 176. The molecule has 15 heavy (non-hydrogen) atoms. The average molecular weight is 214 g/mol. The van der Waals surface area contributed by atoms with Gasteiger partial charge in [0, 0.05) is 19.1 Å². The van der Waals surface area contributed by atoms with Gasteiger partial charge in [0.25, 0.3) is 0 Å². The van der Waals surface area contributed by atoms with Gasteiger partial charge in [0.15, 0.2) is 0 Å². The summed E-state index contributed by atoms with van der Waals surface area (Å²) in [5, 5.41) is 3.27. The molecule has 0 rings (SSSR count). The van der Waals surface area contributed by atoms with Gasteiger partial charge in [-0.15, -0.1) is 0 Å². The maximum atomic E-state index is 11.7. The lowest BCUT2D eigenvalue weighted by molar-refractivity contribution is -0.130. The first-order valence-corrected chi connectivity index (χ1v) is 6.02. The Morgan fingerprint density at radius 1 is 1.20 bits per heavy atom. The molecule has 0 saturated heterocycles. The van der Waals surface area contributed by atoms with Crippen LogP contribution in [0.2, 0.25) is 0 Å². The minimum absolute atomic E-state index is 0.204. The van der Waals surface area contributed by atoms with Gasteiger partial charge in [-0.2, -0.15) is 0 Å². The SMILES string of the molecule is CCN(CC)C(=O)CNC(C)CC(C)C. The summed E-state index contributed by atoms with van der Waals surface area (Å²) in [4.78, 5) is 13.5. The number of carbonyl (C=O) groups is 1. The van der Waals surface area contributed by atoms with Crippen molar-refractivity contribution in [1.29, 1.82) is 0 Å². The van der Waals surface area contributed by atoms with Crippen molar-refractivity contribution in [2.24, 2.45) is 5.92 Å². The van der Waals surface area contributed by atoms with E-state index in [1.807, 2.05) is 18.7 Å². The largest absolute Gasteiger partial charge is 0.342 e. The summed E-state index contributed by atoms with van der Waals surface area (Å²) in [5.74, 6) is 0.881. The molecule has 0 radical (unpaired) electrons. The Morgan fingerprint density at radius 3 is 2.13 bits per heavy atom. The Hall–Kier alpha value is -0.570. The lowest BCUT2D eigenvalue weighted by Gasteiger charge is -2.21. The molecule has 0 bridgehead atoms. The average Bonchev–Trinajstić information content (AvgIpc) is 2.15. The molecule has 3 heteroatoms. The van der Waals surface area contributed by atoms with Crippen LogP contribution in [0.4, 0.5) is 0 Å². The van der Waals surface area contributed by atoms with E-state index in [4.69, 9.17) is 0 Å². The van der Waals surface area contributed by atoms with Crippen LogP contribution in [0.5, 0.6) is 0 Å². The lowest BCUT2D eigenvalue weighted by Crippen LogP contribution is -2.41. The zero-order valence-electron chi connectivity index (χ0n) is 10.8. The zero-order valence-corrected chi connectivity index (χ0v) is 10.8. The number of nitrogens with zero attached hydrogens (tertiary/aromatic N) is 1. The summed E-state index contributed by atoms with van der Waals surface area (Å²) in [6.07, 6.45) is 1.12. The van der Waals surface area contributed by atoms with Crippen molar-refractivity contribution in [3.05, 3.63) is 0 Å². The summed E-state index contributed by atoms with van der Waals surface area (Å²) in [6, 6.07) is 0.421. The van der Waals surface area contributed by atoms with E-state index in [-0.39, 0.29) is 5.91 Å². The van der Waals surface area contributed by atoms with Gasteiger partial charge in [-0.3, -0.25) is 4.79 Å². The number of rotatable bonds is 7. The molecule has 0 aromatic heterocycles. The van der Waals surface area contributed by atoms with E-state index in [1.165, 1.54) is 0 Å². The predicted octanol–water partition coefficient (Wildman–Crippen LogP) is 1.88. The van der Waals surface area contributed by atoms with Gasteiger partial charge < -0.3 is 10.2 Å². The highest BCUT2D eigenvalue weighted by Crippen LogP contribution is 2.03. The third-order valence-electron chi connectivity index (χ3n) is 2.54. The van der Waals surface area contributed by atoms with Crippen molar-refractivity contribution >= 4 is 5.91 Å². The molecule has 90 valence electrons. The summed E-state index contributed by atoms with van der Waals surface area (Å²) < 4.78 is 0. The highest BCUT2D eigenvalue weighted by atomic mass is 16.2. The van der Waals surface area contributed by atoms with Gasteiger partial charge >= 0.3 is 0 Å². The maximum Gasteiger partial charge on any atom is 0.236 e. The number of hydrogen-bond acceptors (Lipinski definition) is 2. The maximum absolute atomic E-state index is 11.7. The Balaban J connectivity index is 3.79. The topological polar surface area (TPSA) is 32.3 Å². The second-order valence-electron chi connectivity index (χ2n) is 4.48. The molecule has 3 nitrogen and oxygen atoms in total. The first-order valence-electron chi connectivity index (χ1n) is 6.02. The molecule has 0 spiro atoms. The minimum Gasteiger partial charge on any atom is -0.342 e. The number of likely N-dealkylation sites (N-methyl/N-ethyl adjacent to an activating group) is 1. The van der Waals surface area contributed by atoms with Crippen LogP contribution in [0.15, 0.2) is 0 Å². The highest BCUT2D eigenvalue weighted by molar-refractivity contribution is 5.78. The van der Waals surface area contributed by atoms with Crippen LogP contribution in [-0.2, 0) is 4.79 Å². The Labute approximate surface area is 94.2 Å². The normalized spacial score (nSPS) is 12.9. The van der Waals surface area contributed by atoms with Crippen molar-refractivity contribution in [2.45, 2.75) is 47.1 Å². The fourth-order valence-electron chi connectivity index (χ4n) is 1.74. The molecule has 1 amide bonds. The van der Waals surface area contributed by atoms with Crippen LogP contribution in [0, 0.1) is 5.92 Å². The molecule has 0 aliphatic carbocycles. The van der Waals surface area contributed by atoms with Crippen molar-refractivity contribution in [1.82, 2.24) is 10.2 Å². The summed E-state index contributed by atoms with van der Waals surface area (Å²) in [5.41, 5.74) is 0. The predicted molar refractivity (Wildman–Crippen MR) is 64.8 cm³/mol. The molecule has 1 atom stereocenters. The second-order valence-corrected chi connectivity index (χ2v) is 4.48. The molecule has 0 aromatic rings. The molecule has 0 fully saturated rings. The number of carbonyl (C=O) groups excluding carboxylic acids is 1. The van der Waals surface area contributed by atoms with E-state index in [9.17, 15) is 4.79 Å². The van der Waals surface area contributed by atoms with Crippen LogP contribution < -0.4 is 5.32 Å². The van der Waals surface area contributed by atoms with Gasteiger partial charge in [0.2, 0.25) is 5.91 Å². The first-order chi connectivity index (χ1) is 7.01. The first kappa shape index (κ1) is 14.4. The fraction of sp³-hybridized carbons (Fsp3) is 0.917. The quantitative estimate of drug-likeness (QED) is 0.702. The van der Waals surface area contributed by atoms with E-state index in [1.54, 1.807) is 0 Å². The van der Waals surface area contributed by atoms with Gasteiger partial charge in [-0.1, -0.05) is 13.8 Å². The Kier molecular flexibility index (Phi) is 7.39. The minimum atomic E-state index is 0.204. The summed E-state index contributed by atoms with van der Waals surface area (Å²) >= 11 is 0. The lowest BCUT2D eigenvalue weighted by atomic mass is 10.1. The molecule has 0 heterocycles. The molecular weight excluding hydrogens is 188 g/mol. The van der Waals surface area contributed by atoms with E-state index in [0.29, 0.717) is 18.5 Å². The van der Waals surface area contributed by atoms with Crippen LogP contribution in [0.1, 0.15) is 41.0 Å². The number of hydrogen-bond donors (Lipinski definition) is 1. The van der Waals surface area contributed by atoms with Gasteiger partial charge in [-0.05, 0) is 33.1 Å². The van der Waals surface area contributed by atoms with E-state index in [2.05, 4.69) is 26.1 Å². The second kappa shape index (κ2) is 7.69. The van der Waals surface area contributed by atoms with Crippen molar-refractivity contribution in [3.63, 3.8) is 0 Å².